The summed E-state index contributed by atoms with van der Waals surface area (Å²) in [5.74, 6) is -5.26. The van der Waals surface area contributed by atoms with Crippen LogP contribution in [0, 0.1) is 5.92 Å². The van der Waals surface area contributed by atoms with Crippen LogP contribution in [0.1, 0.15) is 41.9 Å². The minimum absolute atomic E-state index is 0.0999. The zero-order chi connectivity index (χ0) is 34.2. The van der Waals surface area contributed by atoms with Crippen LogP contribution in [0.3, 0.4) is 0 Å². The van der Waals surface area contributed by atoms with Gasteiger partial charge in [0.25, 0.3) is 0 Å². The Morgan fingerprint density at radius 3 is 2.06 bits per heavy atom. The second-order valence-corrected chi connectivity index (χ2v) is 10.9. The molecule has 47 heavy (non-hydrogen) atoms. The third kappa shape index (κ3) is 9.95. The summed E-state index contributed by atoms with van der Waals surface area (Å²) in [7, 11) is 1.39. The number of nitrogens with one attached hydrogen (secondary N) is 1. The molecule has 14 heteroatoms. The summed E-state index contributed by atoms with van der Waals surface area (Å²) in [4.78, 5) is 37.6. The van der Waals surface area contributed by atoms with Gasteiger partial charge in [0.15, 0.2) is 0 Å². The molecule has 3 aromatic rings. The standard InChI is InChI=1S/C33H32F6N2O6/c1-45-27-13-12-24(47-33(37,38)39)18-23(27)19-40-26-16-17-41(28(42)14-15-29(43)46-31(44)32(34,35)36)20-25(26)30(21-8-4-2-5-9-21)22-10-6-3-7-11-22/h2-13,18,25-26,30,40H,14-17,19-20H2,1H3. The van der Waals surface area contributed by atoms with E-state index < -0.39 is 49.0 Å². The van der Waals surface area contributed by atoms with Crippen molar-refractivity contribution in [3.8, 4) is 11.5 Å². The minimum Gasteiger partial charge on any atom is -0.496 e. The average Bonchev–Trinajstić information content (AvgIpc) is 3.03. The molecule has 252 valence electrons. The van der Waals surface area contributed by atoms with E-state index >= 15 is 0 Å². The first kappa shape index (κ1) is 35.3. The molecule has 0 aromatic heterocycles. The van der Waals surface area contributed by atoms with Crippen LogP contribution in [-0.2, 0) is 25.7 Å². The molecule has 2 unspecified atom stereocenters. The van der Waals surface area contributed by atoms with E-state index in [-0.39, 0.29) is 37.5 Å². The summed E-state index contributed by atoms with van der Waals surface area (Å²) in [6, 6.07) is 22.5. The molecule has 1 N–H and O–H groups in total. The van der Waals surface area contributed by atoms with Gasteiger partial charge in [0, 0.05) is 49.5 Å². The van der Waals surface area contributed by atoms with Gasteiger partial charge < -0.3 is 24.4 Å². The number of amides is 1. The fourth-order valence-electron chi connectivity index (χ4n) is 5.72. The highest BCUT2D eigenvalue weighted by Crippen LogP contribution is 2.38. The number of rotatable bonds is 11. The van der Waals surface area contributed by atoms with Crippen molar-refractivity contribution in [2.24, 2.45) is 5.92 Å². The second-order valence-electron chi connectivity index (χ2n) is 10.9. The Labute approximate surface area is 266 Å². The van der Waals surface area contributed by atoms with E-state index in [0.717, 1.165) is 17.2 Å². The van der Waals surface area contributed by atoms with Crippen LogP contribution in [0.2, 0.25) is 0 Å². The Kier molecular flexibility index (Phi) is 11.5. The summed E-state index contributed by atoms with van der Waals surface area (Å²) < 4.78 is 89.4. The first-order chi connectivity index (χ1) is 22.2. The largest absolute Gasteiger partial charge is 0.573 e. The van der Waals surface area contributed by atoms with Crippen LogP contribution in [0.15, 0.2) is 78.9 Å². The topological polar surface area (TPSA) is 94.2 Å². The average molecular weight is 667 g/mol. The molecule has 1 aliphatic heterocycles. The van der Waals surface area contributed by atoms with Crippen LogP contribution < -0.4 is 14.8 Å². The number of ether oxygens (including phenoxy) is 3. The van der Waals surface area contributed by atoms with Crippen molar-refractivity contribution in [2.75, 3.05) is 20.2 Å². The second kappa shape index (κ2) is 15.3. The third-order valence-electron chi connectivity index (χ3n) is 7.78. The van der Waals surface area contributed by atoms with Crippen molar-refractivity contribution < 1.29 is 54.9 Å². The van der Waals surface area contributed by atoms with Gasteiger partial charge in [0.1, 0.15) is 11.5 Å². The van der Waals surface area contributed by atoms with E-state index in [1.54, 1.807) is 0 Å². The fraction of sp³-hybridized carbons (Fsp3) is 0.364. The highest BCUT2D eigenvalue weighted by molar-refractivity contribution is 5.90. The lowest BCUT2D eigenvalue weighted by molar-refractivity contribution is -0.274. The van der Waals surface area contributed by atoms with Gasteiger partial charge >= 0.3 is 24.5 Å². The number of likely N-dealkylation sites (tertiary alicyclic amines) is 1. The van der Waals surface area contributed by atoms with Gasteiger partial charge in [-0.1, -0.05) is 60.7 Å². The number of esters is 2. The number of carbonyl (C=O) groups excluding carboxylic acids is 3. The number of methoxy groups -OCH3 is 1. The monoisotopic (exact) mass is 666 g/mol. The molecule has 0 bridgehead atoms. The van der Waals surface area contributed by atoms with E-state index in [1.165, 1.54) is 24.1 Å². The van der Waals surface area contributed by atoms with Crippen molar-refractivity contribution in [2.45, 2.75) is 50.3 Å². The summed E-state index contributed by atoms with van der Waals surface area (Å²) in [5.41, 5.74) is 2.30. The smallest absolute Gasteiger partial charge is 0.496 e. The number of nitrogens with zero attached hydrogens (tertiary/aromatic N) is 1. The van der Waals surface area contributed by atoms with Crippen LogP contribution in [0.25, 0.3) is 0 Å². The molecule has 0 radical (unpaired) electrons. The molecular formula is C33H32F6N2O6. The van der Waals surface area contributed by atoms with E-state index in [9.17, 15) is 40.7 Å². The van der Waals surface area contributed by atoms with Crippen LogP contribution in [0.5, 0.6) is 11.5 Å². The van der Waals surface area contributed by atoms with Crippen molar-refractivity contribution in [1.29, 1.82) is 0 Å². The highest BCUT2D eigenvalue weighted by Gasteiger charge is 2.43. The number of alkyl halides is 6. The highest BCUT2D eigenvalue weighted by atomic mass is 19.4. The molecule has 1 amide bonds. The maximum absolute atomic E-state index is 13.2. The first-order valence-electron chi connectivity index (χ1n) is 14.6. The molecule has 4 rings (SSSR count). The van der Waals surface area contributed by atoms with Gasteiger partial charge in [0.2, 0.25) is 5.91 Å². The maximum Gasteiger partial charge on any atom is 0.573 e. The molecule has 0 saturated carbocycles. The molecule has 0 spiro atoms. The molecule has 1 saturated heterocycles. The van der Waals surface area contributed by atoms with Crippen LogP contribution in [-0.4, -0.2) is 61.5 Å². The fourth-order valence-corrected chi connectivity index (χ4v) is 5.72. The van der Waals surface area contributed by atoms with Gasteiger partial charge in [-0.2, -0.15) is 13.2 Å². The zero-order valence-corrected chi connectivity index (χ0v) is 25.1. The third-order valence-corrected chi connectivity index (χ3v) is 7.78. The predicted octanol–water partition coefficient (Wildman–Crippen LogP) is 6.14. The number of benzene rings is 3. The van der Waals surface area contributed by atoms with E-state index in [4.69, 9.17) is 4.74 Å². The Morgan fingerprint density at radius 1 is 0.894 bits per heavy atom. The molecule has 1 aliphatic rings. The maximum atomic E-state index is 13.2. The van der Waals surface area contributed by atoms with E-state index in [2.05, 4.69) is 14.8 Å². The van der Waals surface area contributed by atoms with Crippen molar-refractivity contribution in [3.63, 3.8) is 0 Å². The van der Waals surface area contributed by atoms with Gasteiger partial charge in [0.05, 0.1) is 13.5 Å². The Morgan fingerprint density at radius 2 is 1.51 bits per heavy atom. The lowest BCUT2D eigenvalue weighted by Gasteiger charge is -2.43. The van der Waals surface area contributed by atoms with Crippen LogP contribution in [0.4, 0.5) is 26.3 Å². The number of halogens is 6. The van der Waals surface area contributed by atoms with Gasteiger partial charge in [-0.15, -0.1) is 13.2 Å². The van der Waals surface area contributed by atoms with Crippen molar-refractivity contribution >= 4 is 17.8 Å². The van der Waals surface area contributed by atoms with Crippen LogP contribution >= 0.6 is 0 Å². The molecule has 0 aliphatic carbocycles. The van der Waals surface area contributed by atoms with Gasteiger partial charge in [-0.3, -0.25) is 9.59 Å². The Bertz CT molecular complexity index is 1480. The Hall–Kier alpha value is -4.59. The van der Waals surface area contributed by atoms with Gasteiger partial charge in [-0.25, -0.2) is 4.79 Å². The first-order valence-corrected chi connectivity index (χ1v) is 14.6. The summed E-state index contributed by atoms with van der Waals surface area (Å²) in [5, 5.41) is 3.45. The molecule has 3 aromatic carbocycles. The molecular weight excluding hydrogens is 634 g/mol. The molecule has 2 atom stereocenters. The summed E-state index contributed by atoms with van der Waals surface area (Å²) in [6.45, 7) is 0.493. The quantitative estimate of drug-likeness (QED) is 0.149. The lowest BCUT2D eigenvalue weighted by Crippen LogP contribution is -2.53. The summed E-state index contributed by atoms with van der Waals surface area (Å²) >= 11 is 0. The zero-order valence-electron chi connectivity index (χ0n) is 25.1. The molecule has 1 fully saturated rings. The normalized spacial score (nSPS) is 16.9. The van der Waals surface area contributed by atoms with Gasteiger partial charge in [-0.05, 0) is 35.7 Å². The molecule has 8 nitrogen and oxygen atoms in total. The number of carbonyl (C=O) groups is 3. The number of hydrogen-bond donors (Lipinski definition) is 1. The van der Waals surface area contributed by atoms with E-state index in [1.807, 2.05) is 60.7 Å². The molecule has 1 heterocycles. The van der Waals surface area contributed by atoms with Crippen molar-refractivity contribution in [3.05, 3.63) is 95.6 Å². The Balaban J connectivity index is 1.58. The SMILES string of the molecule is COc1ccc(OC(F)(F)F)cc1CNC1CCN(C(=O)CCC(=O)OC(=O)C(F)(F)F)CC1C(c1ccccc1)c1ccccc1. The summed E-state index contributed by atoms with van der Waals surface area (Å²) in [6.07, 6.45) is -11.0. The number of piperidine rings is 1. The predicted molar refractivity (Wildman–Crippen MR) is 156 cm³/mol. The van der Waals surface area contributed by atoms with E-state index in [0.29, 0.717) is 17.7 Å². The minimum atomic E-state index is -5.34. The number of hydrogen-bond acceptors (Lipinski definition) is 7. The van der Waals surface area contributed by atoms with Crippen molar-refractivity contribution in [1.82, 2.24) is 10.2 Å². The lowest BCUT2D eigenvalue weighted by atomic mass is 9.74.